The summed E-state index contributed by atoms with van der Waals surface area (Å²) in [5, 5.41) is 2.77. The Morgan fingerprint density at radius 3 is 2.55 bits per heavy atom. The minimum atomic E-state index is -0.286. The Hall–Kier alpha value is -2.69. The van der Waals surface area contributed by atoms with Crippen LogP contribution >= 0.6 is 0 Å². The lowest BCUT2D eigenvalue weighted by molar-refractivity contribution is 0.102. The van der Waals surface area contributed by atoms with Crippen molar-refractivity contribution in [2.45, 2.75) is 0 Å². The number of nitrogens with two attached hydrogens (primary N) is 1. The summed E-state index contributed by atoms with van der Waals surface area (Å²) in [4.78, 5) is 12.3. The quantitative estimate of drug-likeness (QED) is 0.839. The van der Waals surface area contributed by atoms with Gasteiger partial charge in [0.2, 0.25) is 0 Å². The molecule has 0 saturated carbocycles. The number of rotatable bonds is 4. The maximum Gasteiger partial charge on any atom is 0.259 e. The molecule has 1 amide bonds. The number of nitrogen functional groups attached to an aromatic ring is 1. The molecule has 0 heterocycles. The smallest absolute Gasteiger partial charge is 0.259 e. The number of amides is 1. The third kappa shape index (κ3) is 3.00. The van der Waals surface area contributed by atoms with Crippen molar-refractivity contribution in [3.63, 3.8) is 0 Å². The Balaban J connectivity index is 2.28. The molecule has 2 rings (SSSR count). The number of ether oxygens (including phenoxy) is 2. The van der Waals surface area contributed by atoms with Gasteiger partial charge in [0, 0.05) is 11.4 Å². The van der Waals surface area contributed by atoms with Crippen LogP contribution in [-0.2, 0) is 0 Å². The molecule has 20 heavy (non-hydrogen) atoms. The van der Waals surface area contributed by atoms with Gasteiger partial charge in [-0.3, -0.25) is 4.79 Å². The van der Waals surface area contributed by atoms with Crippen molar-refractivity contribution in [1.29, 1.82) is 0 Å². The Labute approximate surface area is 117 Å². The van der Waals surface area contributed by atoms with Gasteiger partial charge >= 0.3 is 0 Å². The van der Waals surface area contributed by atoms with E-state index >= 15 is 0 Å². The number of hydrogen-bond donors (Lipinski definition) is 2. The van der Waals surface area contributed by atoms with Gasteiger partial charge in [0.25, 0.3) is 5.91 Å². The molecule has 0 aromatic heterocycles. The highest BCUT2D eigenvalue weighted by atomic mass is 16.5. The fraction of sp³-hybridized carbons (Fsp3) is 0.133. The van der Waals surface area contributed by atoms with E-state index in [2.05, 4.69) is 5.32 Å². The normalized spacial score (nSPS) is 9.90. The zero-order valence-corrected chi connectivity index (χ0v) is 11.3. The molecule has 0 aliphatic rings. The van der Waals surface area contributed by atoms with Crippen molar-refractivity contribution in [3.05, 3.63) is 48.0 Å². The van der Waals surface area contributed by atoms with Gasteiger partial charge in [-0.05, 0) is 36.4 Å². The summed E-state index contributed by atoms with van der Waals surface area (Å²) in [7, 11) is 3.06. The molecule has 0 aliphatic carbocycles. The fourth-order valence-electron chi connectivity index (χ4n) is 1.81. The van der Waals surface area contributed by atoms with E-state index < -0.39 is 0 Å². The third-order valence-electron chi connectivity index (χ3n) is 2.80. The molecule has 0 fully saturated rings. The van der Waals surface area contributed by atoms with Gasteiger partial charge in [-0.2, -0.15) is 0 Å². The Bertz CT molecular complexity index is 626. The number of anilines is 2. The average molecular weight is 272 g/mol. The van der Waals surface area contributed by atoms with Gasteiger partial charge in [0.1, 0.15) is 11.5 Å². The molecule has 0 aliphatic heterocycles. The van der Waals surface area contributed by atoms with Gasteiger partial charge in [-0.1, -0.05) is 6.07 Å². The summed E-state index contributed by atoms with van der Waals surface area (Å²) in [6.07, 6.45) is 0. The summed E-state index contributed by atoms with van der Waals surface area (Å²) < 4.78 is 10.3. The summed E-state index contributed by atoms with van der Waals surface area (Å²) in [5.41, 5.74) is 7.28. The predicted octanol–water partition coefficient (Wildman–Crippen LogP) is 2.54. The van der Waals surface area contributed by atoms with Crippen molar-refractivity contribution in [2.24, 2.45) is 0 Å². The topological polar surface area (TPSA) is 73.6 Å². The van der Waals surface area contributed by atoms with Gasteiger partial charge in [0.05, 0.1) is 19.8 Å². The fourth-order valence-corrected chi connectivity index (χ4v) is 1.81. The summed E-state index contributed by atoms with van der Waals surface area (Å²) in [6.45, 7) is 0. The van der Waals surface area contributed by atoms with Gasteiger partial charge in [-0.15, -0.1) is 0 Å². The van der Waals surface area contributed by atoms with E-state index in [9.17, 15) is 4.79 Å². The number of carbonyl (C=O) groups excluding carboxylic acids is 1. The number of hydrogen-bond acceptors (Lipinski definition) is 4. The highest BCUT2D eigenvalue weighted by Gasteiger charge is 2.13. The molecule has 0 atom stereocenters. The number of benzene rings is 2. The second-order valence-electron chi connectivity index (χ2n) is 4.15. The van der Waals surface area contributed by atoms with E-state index in [4.69, 9.17) is 15.2 Å². The van der Waals surface area contributed by atoms with Crippen LogP contribution < -0.4 is 20.5 Å². The van der Waals surface area contributed by atoms with Crippen LogP contribution in [0.2, 0.25) is 0 Å². The van der Waals surface area contributed by atoms with Crippen LogP contribution in [0.5, 0.6) is 11.5 Å². The molecule has 2 aromatic carbocycles. The second kappa shape index (κ2) is 5.97. The Morgan fingerprint density at radius 2 is 1.90 bits per heavy atom. The molecular formula is C15H16N2O3. The van der Waals surface area contributed by atoms with E-state index in [0.29, 0.717) is 28.4 Å². The Kier molecular flexibility index (Phi) is 4.10. The van der Waals surface area contributed by atoms with Crippen molar-refractivity contribution in [2.75, 3.05) is 25.3 Å². The lowest BCUT2D eigenvalue weighted by Crippen LogP contribution is -2.13. The number of nitrogens with one attached hydrogen (secondary N) is 1. The first-order valence-electron chi connectivity index (χ1n) is 6.03. The van der Waals surface area contributed by atoms with Crippen LogP contribution in [0.15, 0.2) is 42.5 Å². The van der Waals surface area contributed by atoms with E-state index in [1.807, 2.05) is 0 Å². The van der Waals surface area contributed by atoms with Crippen molar-refractivity contribution in [1.82, 2.24) is 0 Å². The van der Waals surface area contributed by atoms with Crippen LogP contribution in [-0.4, -0.2) is 20.1 Å². The standard InChI is InChI=1S/C15H16N2O3/c1-19-12-6-7-14(20-2)13(9-12)15(18)17-11-5-3-4-10(16)8-11/h3-9H,16H2,1-2H3,(H,17,18). The minimum Gasteiger partial charge on any atom is -0.497 e. The average Bonchev–Trinajstić information content (AvgIpc) is 2.46. The molecule has 3 N–H and O–H groups in total. The monoisotopic (exact) mass is 272 g/mol. The van der Waals surface area contributed by atoms with Crippen LogP contribution in [0.4, 0.5) is 11.4 Å². The molecule has 0 spiro atoms. The molecule has 0 unspecified atom stereocenters. The molecule has 0 radical (unpaired) electrons. The maximum atomic E-state index is 12.3. The lowest BCUT2D eigenvalue weighted by Gasteiger charge is -2.11. The van der Waals surface area contributed by atoms with E-state index in [-0.39, 0.29) is 5.91 Å². The minimum absolute atomic E-state index is 0.286. The SMILES string of the molecule is COc1ccc(OC)c(C(=O)Nc2cccc(N)c2)c1. The lowest BCUT2D eigenvalue weighted by atomic mass is 10.1. The molecule has 2 aromatic rings. The molecular weight excluding hydrogens is 256 g/mol. The molecule has 0 bridgehead atoms. The Morgan fingerprint density at radius 1 is 1.10 bits per heavy atom. The van der Waals surface area contributed by atoms with Gasteiger partial charge in [0.15, 0.2) is 0 Å². The largest absolute Gasteiger partial charge is 0.497 e. The third-order valence-corrected chi connectivity index (χ3v) is 2.80. The first-order chi connectivity index (χ1) is 9.63. The van der Waals surface area contributed by atoms with Crippen molar-refractivity contribution >= 4 is 17.3 Å². The maximum absolute atomic E-state index is 12.3. The molecule has 5 heteroatoms. The molecule has 5 nitrogen and oxygen atoms in total. The first kappa shape index (κ1) is 13.7. The van der Waals surface area contributed by atoms with Crippen molar-refractivity contribution in [3.8, 4) is 11.5 Å². The van der Waals surface area contributed by atoms with E-state index in [0.717, 1.165) is 0 Å². The summed E-state index contributed by atoms with van der Waals surface area (Å²) in [5.74, 6) is 0.780. The first-order valence-corrected chi connectivity index (χ1v) is 6.03. The molecule has 0 saturated heterocycles. The summed E-state index contributed by atoms with van der Waals surface area (Å²) >= 11 is 0. The second-order valence-corrected chi connectivity index (χ2v) is 4.15. The van der Waals surface area contributed by atoms with Crippen LogP contribution in [0.1, 0.15) is 10.4 Å². The highest BCUT2D eigenvalue weighted by Crippen LogP contribution is 2.25. The van der Waals surface area contributed by atoms with Gasteiger partial charge < -0.3 is 20.5 Å². The highest BCUT2D eigenvalue weighted by molar-refractivity contribution is 6.06. The van der Waals surface area contributed by atoms with E-state index in [1.54, 1.807) is 49.6 Å². The van der Waals surface area contributed by atoms with Gasteiger partial charge in [-0.25, -0.2) is 0 Å². The number of carbonyl (C=O) groups is 1. The van der Waals surface area contributed by atoms with Crippen LogP contribution in [0.3, 0.4) is 0 Å². The van der Waals surface area contributed by atoms with Crippen LogP contribution in [0, 0.1) is 0 Å². The van der Waals surface area contributed by atoms with Crippen LogP contribution in [0.25, 0.3) is 0 Å². The molecule has 104 valence electrons. The zero-order valence-electron chi connectivity index (χ0n) is 11.3. The summed E-state index contributed by atoms with van der Waals surface area (Å²) in [6, 6.07) is 12.0. The number of methoxy groups -OCH3 is 2. The predicted molar refractivity (Wildman–Crippen MR) is 78.4 cm³/mol. The van der Waals surface area contributed by atoms with Crippen molar-refractivity contribution < 1.29 is 14.3 Å². The zero-order chi connectivity index (χ0) is 14.5. The van der Waals surface area contributed by atoms with E-state index in [1.165, 1.54) is 7.11 Å².